The van der Waals surface area contributed by atoms with Crippen molar-refractivity contribution in [3.8, 4) is 0 Å². The third-order valence-corrected chi connectivity index (χ3v) is 4.22. The maximum atomic E-state index is 12.3. The van der Waals surface area contributed by atoms with Gasteiger partial charge in [0.05, 0.1) is 18.8 Å². The number of nitrogens with zero attached hydrogens (tertiary/aromatic N) is 3. The monoisotopic (exact) mass is 308 g/mol. The lowest BCUT2D eigenvalue weighted by Crippen LogP contribution is -2.45. The number of aromatic nitrogens is 2. The predicted molar refractivity (Wildman–Crippen MR) is 86.8 cm³/mol. The molecule has 2 rings (SSSR count). The molecule has 1 fully saturated rings. The lowest BCUT2D eigenvalue weighted by Gasteiger charge is -2.33. The molecule has 0 spiro atoms. The lowest BCUT2D eigenvalue weighted by molar-refractivity contribution is -0.118. The fourth-order valence-corrected chi connectivity index (χ4v) is 2.79. The Morgan fingerprint density at radius 2 is 2.18 bits per heavy atom. The van der Waals surface area contributed by atoms with Crippen molar-refractivity contribution in [3.63, 3.8) is 0 Å². The van der Waals surface area contributed by atoms with Gasteiger partial charge >= 0.3 is 0 Å². The molecular formula is C16H28N4O2. The first-order chi connectivity index (χ1) is 10.3. The van der Waals surface area contributed by atoms with Crippen LogP contribution in [0.1, 0.15) is 45.7 Å². The van der Waals surface area contributed by atoms with Crippen molar-refractivity contribution in [2.75, 3.05) is 25.0 Å². The first-order valence-corrected chi connectivity index (χ1v) is 8.00. The van der Waals surface area contributed by atoms with E-state index in [1.807, 2.05) is 13.1 Å². The first kappa shape index (κ1) is 17.0. The van der Waals surface area contributed by atoms with Crippen LogP contribution >= 0.6 is 0 Å². The number of aliphatic hydroxyl groups is 1. The summed E-state index contributed by atoms with van der Waals surface area (Å²) in [7, 11) is 1.84. The van der Waals surface area contributed by atoms with Gasteiger partial charge in [-0.2, -0.15) is 5.10 Å². The topological polar surface area (TPSA) is 70.4 Å². The molecule has 1 aliphatic heterocycles. The Morgan fingerprint density at radius 1 is 1.45 bits per heavy atom. The van der Waals surface area contributed by atoms with Gasteiger partial charge in [-0.3, -0.25) is 14.4 Å². The molecule has 6 heteroatoms. The Kier molecular flexibility index (Phi) is 5.24. The van der Waals surface area contributed by atoms with E-state index >= 15 is 0 Å². The fourth-order valence-electron chi connectivity index (χ4n) is 2.79. The quantitative estimate of drug-likeness (QED) is 0.884. The average molecular weight is 308 g/mol. The largest absolute Gasteiger partial charge is 0.395 e. The molecule has 1 aromatic rings. The molecule has 1 aliphatic rings. The highest BCUT2D eigenvalue weighted by atomic mass is 16.3. The van der Waals surface area contributed by atoms with Crippen LogP contribution in [0.3, 0.4) is 0 Å². The summed E-state index contributed by atoms with van der Waals surface area (Å²) >= 11 is 0. The molecule has 0 aromatic carbocycles. The van der Waals surface area contributed by atoms with Crippen molar-refractivity contribution in [2.45, 2.75) is 51.5 Å². The summed E-state index contributed by atoms with van der Waals surface area (Å²) in [6.07, 6.45) is 3.17. The molecule has 1 aromatic heterocycles. The summed E-state index contributed by atoms with van der Waals surface area (Å²) in [6.45, 7) is 7.60. The van der Waals surface area contributed by atoms with Crippen LogP contribution in [0.5, 0.6) is 0 Å². The fraction of sp³-hybridized carbons (Fsp3) is 0.750. The molecule has 0 aliphatic carbocycles. The number of anilines is 1. The molecule has 1 amide bonds. The van der Waals surface area contributed by atoms with E-state index < -0.39 is 0 Å². The molecule has 1 unspecified atom stereocenters. The van der Waals surface area contributed by atoms with Crippen LogP contribution in [0, 0.1) is 0 Å². The van der Waals surface area contributed by atoms with E-state index in [-0.39, 0.29) is 24.0 Å². The van der Waals surface area contributed by atoms with Gasteiger partial charge in [0.15, 0.2) is 0 Å². The first-order valence-electron chi connectivity index (χ1n) is 8.00. The number of amides is 1. The number of carbonyl (C=O) groups excluding carboxylic acids is 1. The predicted octanol–water partition coefficient (Wildman–Crippen LogP) is 1.50. The number of likely N-dealkylation sites (tertiary alicyclic amines) is 1. The van der Waals surface area contributed by atoms with E-state index in [0.29, 0.717) is 12.4 Å². The second-order valence-corrected chi connectivity index (χ2v) is 7.14. The van der Waals surface area contributed by atoms with E-state index in [1.54, 1.807) is 4.68 Å². The summed E-state index contributed by atoms with van der Waals surface area (Å²) in [5.41, 5.74) is 0.909. The molecule has 124 valence electrons. The number of hydrogen-bond acceptors (Lipinski definition) is 4. The van der Waals surface area contributed by atoms with Gasteiger partial charge in [-0.1, -0.05) is 27.2 Å². The number of nitrogens with one attached hydrogen (secondary N) is 1. The van der Waals surface area contributed by atoms with Gasteiger partial charge in [-0.25, -0.2) is 0 Å². The average Bonchev–Trinajstić information content (AvgIpc) is 2.80. The number of hydrogen-bond donors (Lipinski definition) is 2. The van der Waals surface area contributed by atoms with Crippen LogP contribution in [0.25, 0.3) is 0 Å². The Bertz CT molecular complexity index is 519. The summed E-state index contributed by atoms with van der Waals surface area (Å²) in [5.74, 6) is 0.663. The van der Waals surface area contributed by atoms with Crippen LogP contribution in [0.2, 0.25) is 0 Å². The van der Waals surface area contributed by atoms with Gasteiger partial charge in [0.25, 0.3) is 0 Å². The summed E-state index contributed by atoms with van der Waals surface area (Å²) in [6, 6.07) is 2.04. The van der Waals surface area contributed by atoms with E-state index in [9.17, 15) is 9.90 Å². The van der Waals surface area contributed by atoms with Gasteiger partial charge in [0, 0.05) is 24.6 Å². The van der Waals surface area contributed by atoms with Gasteiger partial charge < -0.3 is 10.4 Å². The van der Waals surface area contributed by atoms with Crippen molar-refractivity contribution < 1.29 is 9.90 Å². The number of aryl methyl sites for hydroxylation is 1. The molecule has 0 radical (unpaired) electrons. The highest BCUT2D eigenvalue weighted by Gasteiger charge is 2.24. The smallest absolute Gasteiger partial charge is 0.239 e. The summed E-state index contributed by atoms with van der Waals surface area (Å²) in [4.78, 5) is 14.3. The highest BCUT2D eigenvalue weighted by molar-refractivity contribution is 5.91. The van der Waals surface area contributed by atoms with Gasteiger partial charge in [0.1, 0.15) is 5.82 Å². The Labute approximate surface area is 132 Å². The van der Waals surface area contributed by atoms with Crippen LogP contribution in [-0.4, -0.2) is 51.4 Å². The van der Waals surface area contributed by atoms with Gasteiger partial charge in [-0.15, -0.1) is 0 Å². The zero-order valence-electron chi connectivity index (χ0n) is 14.1. The molecule has 22 heavy (non-hydrogen) atoms. The second kappa shape index (κ2) is 6.79. The summed E-state index contributed by atoms with van der Waals surface area (Å²) in [5, 5.41) is 16.8. The highest BCUT2D eigenvalue weighted by Crippen LogP contribution is 2.23. The van der Waals surface area contributed by atoms with E-state index in [1.165, 1.54) is 0 Å². The lowest BCUT2D eigenvalue weighted by atomic mass is 9.92. The Balaban J connectivity index is 1.98. The maximum absolute atomic E-state index is 12.3. The molecule has 6 nitrogen and oxygen atoms in total. The minimum atomic E-state index is -0.0520. The zero-order chi connectivity index (χ0) is 16.3. The van der Waals surface area contributed by atoms with Gasteiger partial charge in [0.2, 0.25) is 5.91 Å². The Morgan fingerprint density at radius 3 is 2.77 bits per heavy atom. The molecule has 2 heterocycles. The van der Waals surface area contributed by atoms with E-state index in [0.717, 1.165) is 31.5 Å². The van der Waals surface area contributed by atoms with Crippen molar-refractivity contribution in [2.24, 2.45) is 7.05 Å². The van der Waals surface area contributed by atoms with Gasteiger partial charge in [-0.05, 0) is 19.4 Å². The van der Waals surface area contributed by atoms with E-state index in [4.69, 9.17) is 0 Å². The Hall–Kier alpha value is -1.40. The van der Waals surface area contributed by atoms with Crippen molar-refractivity contribution in [3.05, 3.63) is 11.8 Å². The molecule has 1 saturated heterocycles. The number of aliphatic hydroxyl groups excluding tert-OH is 1. The van der Waals surface area contributed by atoms with Crippen molar-refractivity contribution >= 4 is 11.7 Å². The SMILES string of the molecule is Cn1nc(C(C)(C)C)cc1NC(=O)CN1CCCCC1CO. The van der Waals surface area contributed by atoms with Crippen LogP contribution in [-0.2, 0) is 17.3 Å². The van der Waals surface area contributed by atoms with Crippen LogP contribution in [0.15, 0.2) is 6.07 Å². The normalized spacial score (nSPS) is 20.1. The third-order valence-electron chi connectivity index (χ3n) is 4.22. The van der Waals surface area contributed by atoms with Crippen molar-refractivity contribution in [1.29, 1.82) is 0 Å². The molecule has 1 atom stereocenters. The summed E-state index contributed by atoms with van der Waals surface area (Å²) < 4.78 is 1.71. The number of carbonyl (C=O) groups is 1. The third kappa shape index (κ3) is 4.08. The van der Waals surface area contributed by atoms with E-state index in [2.05, 4.69) is 36.1 Å². The van der Waals surface area contributed by atoms with Crippen molar-refractivity contribution in [1.82, 2.24) is 14.7 Å². The number of piperidine rings is 1. The molecular weight excluding hydrogens is 280 g/mol. The van der Waals surface area contributed by atoms with Crippen LogP contribution in [0.4, 0.5) is 5.82 Å². The number of rotatable bonds is 4. The minimum absolute atomic E-state index is 0.0460. The molecule has 0 saturated carbocycles. The molecule has 2 N–H and O–H groups in total. The van der Waals surface area contributed by atoms with Crippen LogP contribution < -0.4 is 5.32 Å². The standard InChI is InChI=1S/C16H28N4O2/c1-16(2,3)13-9-14(19(4)18-13)17-15(22)10-20-8-6-5-7-12(20)11-21/h9,12,21H,5-8,10-11H2,1-4H3,(H,17,22). The minimum Gasteiger partial charge on any atom is -0.395 e. The molecule has 0 bridgehead atoms. The second-order valence-electron chi connectivity index (χ2n) is 7.14. The zero-order valence-corrected chi connectivity index (χ0v) is 14.1. The maximum Gasteiger partial charge on any atom is 0.239 e.